The third kappa shape index (κ3) is 44.2. The summed E-state index contributed by atoms with van der Waals surface area (Å²) in [6.07, 6.45) is 61.4. The normalized spacial score (nSPS) is 13.7. The number of unbranched alkanes of at least 4 members (excludes halogenated alkanes) is 28. The van der Waals surface area contributed by atoms with Crippen molar-refractivity contribution in [3.05, 3.63) is 60.8 Å². The van der Waals surface area contributed by atoms with Gasteiger partial charge < -0.3 is 20.3 Å². The fourth-order valence-corrected chi connectivity index (χ4v) is 7.91. The largest absolute Gasteiger partial charge is 0.462 e. The van der Waals surface area contributed by atoms with Crippen LogP contribution in [0.2, 0.25) is 0 Å². The number of nitrogens with one attached hydrogen (secondary N) is 1. The van der Waals surface area contributed by atoms with Gasteiger partial charge in [0.25, 0.3) is 0 Å². The summed E-state index contributed by atoms with van der Waals surface area (Å²) in [6, 6.07) is -0.719. The lowest BCUT2D eigenvalue weighted by Gasteiger charge is -2.24. The quantitative estimate of drug-likeness (QED) is 0.0245. The minimum absolute atomic E-state index is 0.0448. The Labute approximate surface area is 384 Å². The van der Waals surface area contributed by atoms with Gasteiger partial charge in [-0.25, -0.2) is 0 Å². The lowest BCUT2D eigenvalue weighted by molar-refractivity contribution is -0.151. The van der Waals surface area contributed by atoms with E-state index in [1.807, 2.05) is 24.3 Å². The van der Waals surface area contributed by atoms with Crippen LogP contribution in [0.5, 0.6) is 0 Å². The number of allylic oxidation sites excluding steroid dienone is 10. The summed E-state index contributed by atoms with van der Waals surface area (Å²) < 4.78 is 5.90. The molecule has 0 radical (unpaired) electrons. The summed E-state index contributed by atoms with van der Waals surface area (Å²) in [7, 11) is 0. The third-order valence-corrected chi connectivity index (χ3v) is 11.9. The van der Waals surface area contributed by atoms with Crippen LogP contribution in [0.15, 0.2) is 60.8 Å². The van der Waals surface area contributed by atoms with Crippen molar-refractivity contribution in [3.8, 4) is 0 Å². The van der Waals surface area contributed by atoms with E-state index in [1.54, 1.807) is 0 Å². The second-order valence-corrected chi connectivity index (χ2v) is 18.0. The number of carbonyl (C=O) groups is 2. The van der Waals surface area contributed by atoms with Crippen molar-refractivity contribution in [2.45, 2.75) is 277 Å². The van der Waals surface area contributed by atoms with Crippen LogP contribution in [0.4, 0.5) is 0 Å². The van der Waals surface area contributed by atoms with Crippen molar-refractivity contribution in [2.75, 3.05) is 6.61 Å². The number of ether oxygens (including phenoxy) is 1. The first-order chi connectivity index (χ1) is 30.5. The summed E-state index contributed by atoms with van der Waals surface area (Å²) in [5.41, 5.74) is 0. The molecule has 0 aliphatic rings. The Hall–Kier alpha value is -2.44. The molecule has 1 amide bonds. The van der Waals surface area contributed by atoms with Gasteiger partial charge in [-0.05, 0) is 70.6 Å². The fourth-order valence-electron chi connectivity index (χ4n) is 7.91. The highest BCUT2D eigenvalue weighted by molar-refractivity contribution is 5.77. The van der Waals surface area contributed by atoms with Gasteiger partial charge in [-0.1, -0.05) is 236 Å². The number of carbonyl (C=O) groups excluding carboxylic acids is 2. The fraction of sp³-hybridized carbons (Fsp3) is 0.786. The summed E-state index contributed by atoms with van der Waals surface area (Å²) in [5.74, 6) is -0.530. The van der Waals surface area contributed by atoms with E-state index in [0.29, 0.717) is 19.3 Å². The topological polar surface area (TPSA) is 95.9 Å². The molecule has 360 valence electrons. The van der Waals surface area contributed by atoms with Gasteiger partial charge in [0.1, 0.15) is 6.10 Å². The van der Waals surface area contributed by atoms with E-state index < -0.39 is 18.2 Å². The molecule has 62 heavy (non-hydrogen) atoms. The van der Waals surface area contributed by atoms with E-state index in [-0.39, 0.29) is 24.9 Å². The van der Waals surface area contributed by atoms with Crippen LogP contribution in [0.3, 0.4) is 0 Å². The average molecular weight is 868 g/mol. The number of rotatable bonds is 47. The number of esters is 1. The highest BCUT2D eigenvalue weighted by atomic mass is 16.5. The van der Waals surface area contributed by atoms with Crippen molar-refractivity contribution in [1.82, 2.24) is 5.32 Å². The van der Waals surface area contributed by atoms with E-state index in [4.69, 9.17) is 4.74 Å². The molecule has 3 unspecified atom stereocenters. The van der Waals surface area contributed by atoms with Gasteiger partial charge in [0.05, 0.1) is 25.2 Å². The molecule has 3 atom stereocenters. The number of hydrogen-bond donors (Lipinski definition) is 3. The third-order valence-electron chi connectivity index (χ3n) is 11.9. The Balaban J connectivity index is 4.58. The second kappa shape index (κ2) is 49.6. The first-order valence-electron chi connectivity index (χ1n) is 26.6. The van der Waals surface area contributed by atoms with Crippen LogP contribution in [-0.4, -0.2) is 46.9 Å². The SMILES string of the molecule is CC/C=C/C=C/C=C/C=C\CCCCCC(CC(=O)NC(CO)C(O)CCCCCCCCCCCCCCCCCCC)OC(=O)CCCCC/C=C\CCCCCCCC. The van der Waals surface area contributed by atoms with Gasteiger partial charge in [-0.2, -0.15) is 0 Å². The Morgan fingerprint density at radius 2 is 0.887 bits per heavy atom. The van der Waals surface area contributed by atoms with Crippen molar-refractivity contribution >= 4 is 11.9 Å². The maximum absolute atomic E-state index is 13.2. The molecule has 6 nitrogen and oxygen atoms in total. The smallest absolute Gasteiger partial charge is 0.306 e. The van der Waals surface area contributed by atoms with E-state index in [2.05, 4.69) is 62.5 Å². The molecule has 0 aromatic rings. The Morgan fingerprint density at radius 3 is 1.39 bits per heavy atom. The van der Waals surface area contributed by atoms with E-state index in [1.165, 1.54) is 128 Å². The molecular weight excluding hydrogens is 767 g/mol. The highest BCUT2D eigenvalue weighted by Gasteiger charge is 2.24. The lowest BCUT2D eigenvalue weighted by Crippen LogP contribution is -2.46. The van der Waals surface area contributed by atoms with Gasteiger partial charge in [0.2, 0.25) is 5.91 Å². The molecule has 0 bridgehead atoms. The molecule has 0 saturated carbocycles. The standard InChI is InChI=1S/C56H101NO5/c1-4-7-10-13-16-19-22-25-26-27-28-31-33-36-39-42-45-48-54(59)53(51-58)57-55(60)50-52(47-44-41-38-35-32-29-23-20-17-14-11-8-5-2)62-56(61)49-46-43-40-37-34-30-24-21-18-15-12-9-6-3/h8,11,14,17,20,23,29-30,32,34,52-54,58-59H,4-7,9-10,12-13,15-16,18-19,21-22,24-28,31,33,35-51H2,1-3H3,(H,57,60)/b11-8+,17-14+,23-20+,32-29-,34-30-. The van der Waals surface area contributed by atoms with Crippen LogP contribution in [0.25, 0.3) is 0 Å². The number of amides is 1. The Bertz CT molecular complexity index is 1110. The zero-order valence-electron chi connectivity index (χ0n) is 41.0. The molecule has 0 aromatic carbocycles. The van der Waals surface area contributed by atoms with Crippen LogP contribution in [-0.2, 0) is 14.3 Å². The van der Waals surface area contributed by atoms with Crippen LogP contribution >= 0.6 is 0 Å². The predicted octanol–water partition coefficient (Wildman–Crippen LogP) is 16.0. The van der Waals surface area contributed by atoms with Crippen molar-refractivity contribution in [2.24, 2.45) is 0 Å². The molecule has 0 aliphatic carbocycles. The minimum Gasteiger partial charge on any atom is -0.462 e. The maximum Gasteiger partial charge on any atom is 0.306 e. The second-order valence-electron chi connectivity index (χ2n) is 18.0. The molecule has 0 aromatic heterocycles. The van der Waals surface area contributed by atoms with E-state index in [0.717, 1.165) is 83.5 Å². The summed E-state index contributed by atoms with van der Waals surface area (Å²) in [5, 5.41) is 23.8. The molecule has 0 saturated heterocycles. The highest BCUT2D eigenvalue weighted by Crippen LogP contribution is 2.18. The molecule has 0 aliphatic heterocycles. The minimum atomic E-state index is -0.802. The average Bonchev–Trinajstić information content (AvgIpc) is 3.26. The van der Waals surface area contributed by atoms with Crippen LogP contribution in [0, 0.1) is 0 Å². The van der Waals surface area contributed by atoms with Crippen molar-refractivity contribution < 1.29 is 24.5 Å². The Kier molecular flexibility index (Phi) is 47.6. The maximum atomic E-state index is 13.2. The van der Waals surface area contributed by atoms with Crippen LogP contribution < -0.4 is 5.32 Å². The zero-order valence-corrected chi connectivity index (χ0v) is 41.0. The Morgan fingerprint density at radius 1 is 0.484 bits per heavy atom. The summed E-state index contributed by atoms with van der Waals surface area (Å²) in [6.45, 7) is 6.33. The van der Waals surface area contributed by atoms with Gasteiger partial charge in [-0.15, -0.1) is 0 Å². The van der Waals surface area contributed by atoms with Crippen molar-refractivity contribution in [3.63, 3.8) is 0 Å². The van der Waals surface area contributed by atoms with Gasteiger partial charge in [0, 0.05) is 6.42 Å². The van der Waals surface area contributed by atoms with Gasteiger partial charge in [0.15, 0.2) is 0 Å². The molecule has 0 rings (SSSR count). The van der Waals surface area contributed by atoms with E-state index >= 15 is 0 Å². The molecule has 3 N–H and O–H groups in total. The monoisotopic (exact) mass is 868 g/mol. The molecule has 0 fully saturated rings. The zero-order chi connectivity index (χ0) is 45.2. The van der Waals surface area contributed by atoms with Gasteiger partial charge >= 0.3 is 5.97 Å². The van der Waals surface area contributed by atoms with Crippen LogP contribution in [0.1, 0.15) is 258 Å². The van der Waals surface area contributed by atoms with E-state index in [9.17, 15) is 19.8 Å². The molecule has 0 heterocycles. The van der Waals surface area contributed by atoms with Gasteiger partial charge in [-0.3, -0.25) is 9.59 Å². The summed E-state index contributed by atoms with van der Waals surface area (Å²) in [4.78, 5) is 26.1. The number of aliphatic hydroxyl groups excluding tert-OH is 2. The molecule has 6 heteroatoms. The molecular formula is C56H101NO5. The van der Waals surface area contributed by atoms with Crippen molar-refractivity contribution in [1.29, 1.82) is 0 Å². The lowest BCUT2D eigenvalue weighted by atomic mass is 10.0. The molecule has 0 spiro atoms. The first-order valence-corrected chi connectivity index (χ1v) is 26.6. The first kappa shape index (κ1) is 59.6. The number of hydrogen-bond acceptors (Lipinski definition) is 5. The predicted molar refractivity (Wildman–Crippen MR) is 268 cm³/mol. The summed E-state index contributed by atoms with van der Waals surface area (Å²) >= 11 is 0. The number of aliphatic hydroxyl groups is 2.